The smallest absolute Gasteiger partial charge is 0.254 e. The highest BCUT2D eigenvalue weighted by atomic mass is 16.2. The van der Waals surface area contributed by atoms with Gasteiger partial charge in [-0.2, -0.15) is 10.2 Å². The zero-order chi connectivity index (χ0) is 19.1. The SMILES string of the molecule is Cc1nn(C)cc1-c1ccc(C(=O)N2CCc3[nH]nc(C(C)C)c3C2)cc1. The molecule has 0 aliphatic carbocycles. The molecule has 4 rings (SSSR count). The van der Waals surface area contributed by atoms with E-state index < -0.39 is 0 Å². The molecule has 1 aromatic carbocycles. The number of hydrogen-bond acceptors (Lipinski definition) is 3. The van der Waals surface area contributed by atoms with Crippen molar-refractivity contribution in [3.63, 3.8) is 0 Å². The molecule has 0 atom stereocenters. The minimum absolute atomic E-state index is 0.0750. The molecule has 0 fully saturated rings. The first kappa shape index (κ1) is 17.5. The number of fused-ring (bicyclic) bond motifs is 1. The van der Waals surface area contributed by atoms with E-state index in [2.05, 4.69) is 29.1 Å². The van der Waals surface area contributed by atoms with Gasteiger partial charge in [0, 0.05) is 55.1 Å². The molecule has 0 radical (unpaired) electrons. The van der Waals surface area contributed by atoms with Crippen LogP contribution in [0.15, 0.2) is 30.5 Å². The van der Waals surface area contributed by atoms with Gasteiger partial charge in [0.15, 0.2) is 0 Å². The summed E-state index contributed by atoms with van der Waals surface area (Å²) >= 11 is 0. The third kappa shape index (κ3) is 3.16. The van der Waals surface area contributed by atoms with Gasteiger partial charge >= 0.3 is 0 Å². The maximum Gasteiger partial charge on any atom is 0.254 e. The number of nitrogens with one attached hydrogen (secondary N) is 1. The highest BCUT2D eigenvalue weighted by Gasteiger charge is 2.26. The maximum absolute atomic E-state index is 13.0. The second-order valence-electron chi connectivity index (χ2n) is 7.58. The van der Waals surface area contributed by atoms with Gasteiger partial charge < -0.3 is 4.90 Å². The summed E-state index contributed by atoms with van der Waals surface area (Å²) in [5.41, 5.74) is 7.32. The first-order chi connectivity index (χ1) is 12.9. The van der Waals surface area contributed by atoms with E-state index in [9.17, 15) is 4.79 Å². The van der Waals surface area contributed by atoms with Crippen molar-refractivity contribution in [2.24, 2.45) is 7.05 Å². The van der Waals surface area contributed by atoms with Crippen molar-refractivity contribution in [1.82, 2.24) is 24.9 Å². The van der Waals surface area contributed by atoms with E-state index in [1.807, 2.05) is 54.0 Å². The topological polar surface area (TPSA) is 66.8 Å². The summed E-state index contributed by atoms with van der Waals surface area (Å²) in [4.78, 5) is 14.9. The summed E-state index contributed by atoms with van der Waals surface area (Å²) in [6, 6.07) is 7.84. The van der Waals surface area contributed by atoms with Crippen LogP contribution in [0.1, 0.15) is 52.8 Å². The van der Waals surface area contributed by atoms with Crippen LogP contribution >= 0.6 is 0 Å². The van der Waals surface area contributed by atoms with Gasteiger partial charge in [0.25, 0.3) is 5.91 Å². The molecule has 140 valence electrons. The van der Waals surface area contributed by atoms with E-state index in [0.29, 0.717) is 12.5 Å². The van der Waals surface area contributed by atoms with Crippen LogP contribution < -0.4 is 0 Å². The number of carbonyl (C=O) groups is 1. The van der Waals surface area contributed by atoms with Gasteiger partial charge in [-0.3, -0.25) is 14.6 Å². The number of benzene rings is 1. The molecule has 1 N–H and O–H groups in total. The van der Waals surface area contributed by atoms with Crippen molar-refractivity contribution in [1.29, 1.82) is 0 Å². The molecule has 0 bridgehead atoms. The molecule has 2 aromatic heterocycles. The van der Waals surface area contributed by atoms with Crippen molar-refractivity contribution < 1.29 is 4.79 Å². The lowest BCUT2D eigenvalue weighted by Crippen LogP contribution is -2.36. The van der Waals surface area contributed by atoms with Crippen LogP contribution in [0, 0.1) is 6.92 Å². The number of nitrogens with zero attached hydrogens (tertiary/aromatic N) is 4. The number of H-pyrrole nitrogens is 1. The molecule has 0 spiro atoms. The fraction of sp³-hybridized carbons (Fsp3) is 0.381. The van der Waals surface area contributed by atoms with E-state index >= 15 is 0 Å². The van der Waals surface area contributed by atoms with Crippen LogP contribution in [0.4, 0.5) is 0 Å². The lowest BCUT2D eigenvalue weighted by atomic mass is 9.98. The summed E-state index contributed by atoms with van der Waals surface area (Å²) in [5.74, 6) is 0.424. The largest absolute Gasteiger partial charge is 0.334 e. The van der Waals surface area contributed by atoms with Crippen LogP contribution in [0.3, 0.4) is 0 Å². The Morgan fingerprint density at radius 3 is 2.59 bits per heavy atom. The Kier molecular flexibility index (Phi) is 4.34. The van der Waals surface area contributed by atoms with Crippen molar-refractivity contribution in [2.75, 3.05) is 6.54 Å². The summed E-state index contributed by atoms with van der Waals surface area (Å²) in [6.45, 7) is 7.61. The summed E-state index contributed by atoms with van der Waals surface area (Å²) < 4.78 is 1.81. The number of hydrogen-bond donors (Lipinski definition) is 1. The molecule has 0 saturated heterocycles. The van der Waals surface area contributed by atoms with E-state index in [0.717, 1.165) is 41.0 Å². The molecular weight excluding hydrogens is 338 g/mol. The Bertz CT molecular complexity index is 981. The van der Waals surface area contributed by atoms with Crippen LogP contribution in [0.25, 0.3) is 11.1 Å². The molecule has 1 aliphatic rings. The first-order valence-electron chi connectivity index (χ1n) is 9.40. The predicted molar refractivity (Wildman–Crippen MR) is 105 cm³/mol. The minimum Gasteiger partial charge on any atom is -0.334 e. The van der Waals surface area contributed by atoms with Gasteiger partial charge in [-0.25, -0.2) is 0 Å². The van der Waals surface area contributed by atoms with Crippen molar-refractivity contribution in [2.45, 2.75) is 39.7 Å². The zero-order valence-electron chi connectivity index (χ0n) is 16.3. The van der Waals surface area contributed by atoms with Gasteiger partial charge in [0.1, 0.15) is 0 Å². The monoisotopic (exact) mass is 363 g/mol. The van der Waals surface area contributed by atoms with Gasteiger partial charge in [0.2, 0.25) is 0 Å². The average Bonchev–Trinajstić information content (AvgIpc) is 3.23. The highest BCUT2D eigenvalue weighted by molar-refractivity contribution is 5.95. The Morgan fingerprint density at radius 2 is 1.96 bits per heavy atom. The lowest BCUT2D eigenvalue weighted by Gasteiger charge is -2.27. The second kappa shape index (κ2) is 6.68. The van der Waals surface area contributed by atoms with Gasteiger partial charge in [-0.05, 0) is 30.5 Å². The van der Waals surface area contributed by atoms with Crippen LogP contribution in [0.5, 0.6) is 0 Å². The van der Waals surface area contributed by atoms with Gasteiger partial charge in [-0.1, -0.05) is 26.0 Å². The fourth-order valence-electron chi connectivity index (χ4n) is 3.83. The van der Waals surface area contributed by atoms with E-state index in [1.54, 1.807) is 0 Å². The number of rotatable bonds is 3. The third-order valence-corrected chi connectivity index (χ3v) is 5.26. The second-order valence-corrected chi connectivity index (χ2v) is 7.58. The number of amides is 1. The van der Waals surface area contributed by atoms with Crippen LogP contribution in [-0.4, -0.2) is 37.3 Å². The third-order valence-electron chi connectivity index (χ3n) is 5.26. The predicted octanol–water partition coefficient (Wildman–Crippen LogP) is 3.44. The quantitative estimate of drug-likeness (QED) is 0.775. The molecule has 0 unspecified atom stereocenters. The molecule has 27 heavy (non-hydrogen) atoms. The number of aromatic nitrogens is 4. The molecule has 6 nitrogen and oxygen atoms in total. The minimum atomic E-state index is 0.0750. The fourth-order valence-corrected chi connectivity index (χ4v) is 3.83. The first-order valence-corrected chi connectivity index (χ1v) is 9.40. The maximum atomic E-state index is 13.0. The molecule has 1 aliphatic heterocycles. The zero-order valence-corrected chi connectivity index (χ0v) is 16.3. The summed E-state index contributed by atoms with van der Waals surface area (Å²) in [6.07, 6.45) is 2.83. The average molecular weight is 363 g/mol. The Balaban J connectivity index is 1.55. The number of aromatic amines is 1. The normalized spacial score (nSPS) is 13.9. The molecule has 3 heterocycles. The number of carbonyl (C=O) groups excluding carboxylic acids is 1. The molecule has 1 amide bonds. The van der Waals surface area contributed by atoms with Gasteiger partial charge in [0.05, 0.1) is 11.4 Å². The Labute approximate surface area is 159 Å². The lowest BCUT2D eigenvalue weighted by molar-refractivity contribution is 0.0733. The number of aryl methyl sites for hydroxylation is 2. The summed E-state index contributed by atoms with van der Waals surface area (Å²) in [5, 5.41) is 12.0. The van der Waals surface area contributed by atoms with E-state index in [1.165, 1.54) is 11.3 Å². The highest BCUT2D eigenvalue weighted by Crippen LogP contribution is 2.27. The van der Waals surface area contributed by atoms with Gasteiger partial charge in [-0.15, -0.1) is 0 Å². The van der Waals surface area contributed by atoms with E-state index in [-0.39, 0.29) is 5.91 Å². The van der Waals surface area contributed by atoms with Crippen molar-refractivity contribution in [3.05, 3.63) is 58.7 Å². The molecule has 0 saturated carbocycles. The standard InChI is InChI=1S/C21H25N5O/c1-13(2)20-18-12-26(10-9-19(18)22-23-20)21(27)16-7-5-15(6-8-16)17-11-25(4)24-14(17)3/h5-8,11,13H,9-10,12H2,1-4H3,(H,22,23). The summed E-state index contributed by atoms with van der Waals surface area (Å²) in [7, 11) is 1.92. The Hall–Kier alpha value is -2.89. The molecule has 3 aromatic rings. The molecular formula is C21H25N5O. The van der Waals surface area contributed by atoms with Crippen molar-refractivity contribution >= 4 is 5.91 Å². The van der Waals surface area contributed by atoms with Crippen LogP contribution in [-0.2, 0) is 20.0 Å². The van der Waals surface area contributed by atoms with E-state index in [4.69, 9.17) is 0 Å². The Morgan fingerprint density at radius 1 is 1.22 bits per heavy atom. The van der Waals surface area contributed by atoms with Crippen LogP contribution in [0.2, 0.25) is 0 Å². The molecule has 6 heteroatoms. The van der Waals surface area contributed by atoms with Crippen molar-refractivity contribution in [3.8, 4) is 11.1 Å².